The van der Waals surface area contributed by atoms with E-state index in [4.69, 9.17) is 4.74 Å². The lowest BCUT2D eigenvalue weighted by atomic mass is 10.1. The number of carbonyl (C=O) groups is 1. The van der Waals surface area contributed by atoms with E-state index in [1.54, 1.807) is 0 Å². The van der Waals surface area contributed by atoms with Crippen molar-refractivity contribution in [2.45, 2.75) is 17.5 Å². The van der Waals surface area contributed by atoms with Crippen molar-refractivity contribution >= 4 is 21.4 Å². The van der Waals surface area contributed by atoms with Crippen molar-refractivity contribution in [1.29, 1.82) is 0 Å². The number of halogens is 3. The predicted molar refractivity (Wildman–Crippen MR) is 89.7 cm³/mol. The number of sulfone groups is 1. The van der Waals surface area contributed by atoms with Crippen LogP contribution in [0.2, 0.25) is 0 Å². The summed E-state index contributed by atoms with van der Waals surface area (Å²) in [6, 6.07) is 10.1. The minimum atomic E-state index is -4.63. The van der Waals surface area contributed by atoms with Gasteiger partial charge in [-0.15, -0.1) is 0 Å². The molecule has 0 saturated carbocycles. The number of alkyl halides is 3. The summed E-state index contributed by atoms with van der Waals surface area (Å²) in [7, 11) is -2.31. The number of ether oxygens (including phenoxy) is 1. The molecule has 0 fully saturated rings. The van der Waals surface area contributed by atoms with E-state index in [-0.39, 0.29) is 4.90 Å². The van der Waals surface area contributed by atoms with E-state index >= 15 is 0 Å². The van der Waals surface area contributed by atoms with Crippen LogP contribution in [0.15, 0.2) is 53.4 Å². The van der Waals surface area contributed by atoms with Crippen LogP contribution in [0, 0.1) is 0 Å². The van der Waals surface area contributed by atoms with Gasteiger partial charge < -0.3 is 10.1 Å². The van der Waals surface area contributed by atoms with Gasteiger partial charge in [0.05, 0.1) is 29.0 Å². The van der Waals surface area contributed by atoms with Gasteiger partial charge in [0.15, 0.2) is 9.84 Å². The third kappa shape index (κ3) is 4.98. The predicted octanol–water partition coefficient (Wildman–Crippen LogP) is 3.52. The molecule has 26 heavy (non-hydrogen) atoms. The summed E-state index contributed by atoms with van der Waals surface area (Å²) in [6.07, 6.45) is -5.10. The number of benzene rings is 2. The van der Waals surface area contributed by atoms with Gasteiger partial charge in [0.25, 0.3) is 0 Å². The van der Waals surface area contributed by atoms with Crippen LogP contribution in [-0.4, -0.2) is 27.2 Å². The Morgan fingerprint density at radius 2 is 1.69 bits per heavy atom. The molecular formula is C17H16F3NO4S. The normalized spacial score (nSPS) is 11.8. The lowest BCUT2D eigenvalue weighted by Crippen LogP contribution is -2.19. The van der Waals surface area contributed by atoms with Crippen molar-refractivity contribution in [2.24, 2.45) is 0 Å². The van der Waals surface area contributed by atoms with Crippen molar-refractivity contribution < 1.29 is 31.1 Å². The van der Waals surface area contributed by atoms with Crippen LogP contribution in [0.25, 0.3) is 0 Å². The molecule has 5 nitrogen and oxygen atoms in total. The number of nitrogens with one attached hydrogen (secondary N) is 1. The van der Waals surface area contributed by atoms with E-state index in [2.05, 4.69) is 5.32 Å². The number of carbonyl (C=O) groups excluding carboxylic acids is 1. The van der Waals surface area contributed by atoms with Crippen LogP contribution < -0.4 is 10.1 Å². The average molecular weight is 387 g/mol. The Hall–Kier alpha value is -2.55. The first-order chi connectivity index (χ1) is 12.1. The van der Waals surface area contributed by atoms with Gasteiger partial charge in [-0.1, -0.05) is 12.1 Å². The fraction of sp³-hybridized carbons (Fsp3) is 0.235. The molecule has 0 saturated heterocycles. The molecule has 0 spiro atoms. The molecule has 140 valence electrons. The molecule has 1 amide bonds. The van der Waals surface area contributed by atoms with Crippen molar-refractivity contribution in [3.8, 4) is 5.75 Å². The fourth-order valence-electron chi connectivity index (χ4n) is 2.18. The number of amides is 1. The number of hydrogen-bond donors (Lipinski definition) is 1. The Morgan fingerprint density at radius 3 is 2.27 bits per heavy atom. The molecule has 9 heteroatoms. The Bertz CT molecular complexity index is 878. The molecule has 0 aliphatic rings. The van der Waals surface area contributed by atoms with Gasteiger partial charge in [0.2, 0.25) is 5.91 Å². The highest BCUT2D eigenvalue weighted by molar-refractivity contribution is 7.91. The van der Waals surface area contributed by atoms with Gasteiger partial charge in [0, 0.05) is 6.42 Å². The zero-order valence-electron chi connectivity index (χ0n) is 13.7. The number of methoxy groups -OCH3 is 1. The summed E-state index contributed by atoms with van der Waals surface area (Å²) >= 11 is 0. The minimum absolute atomic E-state index is 0.00166. The molecule has 0 heterocycles. The Labute approximate surface area is 148 Å². The van der Waals surface area contributed by atoms with Gasteiger partial charge in [0.1, 0.15) is 5.75 Å². The second-order valence-corrected chi connectivity index (χ2v) is 7.45. The summed E-state index contributed by atoms with van der Waals surface area (Å²) in [5.74, 6) is -0.872. The molecule has 0 bridgehead atoms. The quantitative estimate of drug-likeness (QED) is 0.823. The van der Waals surface area contributed by atoms with Crippen LogP contribution >= 0.6 is 0 Å². The largest absolute Gasteiger partial charge is 0.497 e. The highest BCUT2D eigenvalue weighted by atomic mass is 32.2. The highest BCUT2D eigenvalue weighted by Crippen LogP contribution is 2.34. The first-order valence-corrected chi connectivity index (χ1v) is 9.11. The van der Waals surface area contributed by atoms with E-state index < -0.39 is 45.3 Å². The van der Waals surface area contributed by atoms with Gasteiger partial charge in [-0.25, -0.2) is 8.42 Å². The molecule has 0 aromatic heterocycles. The Morgan fingerprint density at radius 1 is 1.08 bits per heavy atom. The molecule has 0 aliphatic heterocycles. The third-order valence-electron chi connectivity index (χ3n) is 3.52. The molecular weight excluding hydrogens is 371 g/mol. The lowest BCUT2D eigenvalue weighted by molar-refractivity contribution is -0.137. The maximum atomic E-state index is 12.9. The summed E-state index contributed by atoms with van der Waals surface area (Å²) in [5, 5.41) is 2.12. The van der Waals surface area contributed by atoms with Gasteiger partial charge >= 0.3 is 6.18 Å². The van der Waals surface area contributed by atoms with Crippen LogP contribution in [0.3, 0.4) is 0 Å². The van der Waals surface area contributed by atoms with Crippen molar-refractivity contribution in [3.63, 3.8) is 0 Å². The zero-order valence-corrected chi connectivity index (χ0v) is 14.5. The molecule has 1 N–H and O–H groups in total. The van der Waals surface area contributed by atoms with Gasteiger partial charge in [-0.05, 0) is 36.4 Å². The highest BCUT2D eigenvalue weighted by Gasteiger charge is 2.33. The van der Waals surface area contributed by atoms with Crippen molar-refractivity contribution in [1.82, 2.24) is 0 Å². The summed E-state index contributed by atoms with van der Waals surface area (Å²) < 4.78 is 68.1. The number of anilines is 1. The van der Waals surface area contributed by atoms with Crippen LogP contribution in [0.1, 0.15) is 12.0 Å². The number of rotatable bonds is 6. The maximum Gasteiger partial charge on any atom is 0.418 e. The van der Waals surface area contributed by atoms with E-state index in [1.165, 1.54) is 43.5 Å². The molecule has 0 atom stereocenters. The Kier molecular flexibility index (Phi) is 5.91. The second-order valence-electron chi connectivity index (χ2n) is 5.34. The average Bonchev–Trinajstić information content (AvgIpc) is 2.60. The van der Waals surface area contributed by atoms with Crippen LogP contribution in [-0.2, 0) is 20.8 Å². The van der Waals surface area contributed by atoms with Gasteiger partial charge in [-0.3, -0.25) is 4.79 Å². The van der Waals surface area contributed by atoms with Crippen molar-refractivity contribution in [3.05, 3.63) is 54.1 Å². The molecule has 0 aliphatic carbocycles. The van der Waals surface area contributed by atoms with E-state index in [9.17, 15) is 26.4 Å². The monoisotopic (exact) mass is 387 g/mol. The third-order valence-corrected chi connectivity index (χ3v) is 5.25. The molecule has 2 aromatic carbocycles. The smallest absolute Gasteiger partial charge is 0.418 e. The van der Waals surface area contributed by atoms with E-state index in [0.717, 1.165) is 12.1 Å². The first kappa shape index (κ1) is 19.8. The first-order valence-electron chi connectivity index (χ1n) is 7.46. The summed E-state index contributed by atoms with van der Waals surface area (Å²) in [4.78, 5) is 11.9. The van der Waals surface area contributed by atoms with Gasteiger partial charge in [-0.2, -0.15) is 13.2 Å². The topological polar surface area (TPSA) is 72.5 Å². The summed E-state index contributed by atoms with van der Waals surface area (Å²) in [5.41, 5.74) is -1.40. The minimum Gasteiger partial charge on any atom is -0.497 e. The zero-order chi connectivity index (χ0) is 19.4. The standard InChI is InChI=1S/C17H16F3NO4S/c1-25-12-6-8-13(9-7-12)26(23,24)11-10-16(22)21-15-5-3-2-4-14(15)17(18,19)20/h2-9H,10-11H2,1H3,(H,21,22). The second kappa shape index (κ2) is 7.77. The van der Waals surface area contributed by atoms with Crippen LogP contribution in [0.4, 0.5) is 18.9 Å². The Balaban J connectivity index is 2.05. The lowest BCUT2D eigenvalue weighted by Gasteiger charge is -2.13. The number of para-hydroxylation sites is 1. The molecule has 0 unspecified atom stereocenters. The number of hydrogen-bond acceptors (Lipinski definition) is 4. The summed E-state index contributed by atoms with van der Waals surface area (Å²) in [6.45, 7) is 0. The molecule has 0 radical (unpaired) electrons. The molecule has 2 aromatic rings. The van der Waals surface area contributed by atoms with E-state index in [1.807, 2.05) is 0 Å². The van der Waals surface area contributed by atoms with Crippen LogP contribution in [0.5, 0.6) is 5.75 Å². The maximum absolute atomic E-state index is 12.9. The fourth-order valence-corrected chi connectivity index (χ4v) is 3.42. The van der Waals surface area contributed by atoms with E-state index in [0.29, 0.717) is 5.75 Å². The molecule has 2 rings (SSSR count). The van der Waals surface area contributed by atoms with Crippen molar-refractivity contribution in [2.75, 3.05) is 18.2 Å². The SMILES string of the molecule is COc1ccc(S(=O)(=O)CCC(=O)Nc2ccccc2C(F)(F)F)cc1.